The van der Waals surface area contributed by atoms with Gasteiger partial charge in [0.15, 0.2) is 0 Å². The maximum absolute atomic E-state index is 12.7. The number of carbonyl (C=O) groups is 1. The number of ether oxygens (including phenoxy) is 2. The SMILES string of the molecule is COCCC1(NC(=O)c2cnc(C)cn2)CCN(C2CCOCC2)CC1. The fourth-order valence-electron chi connectivity index (χ4n) is 3.92. The average molecular weight is 362 g/mol. The Hall–Kier alpha value is -1.57. The predicted octanol–water partition coefficient (Wildman–Crippen LogP) is 1.56. The van der Waals surface area contributed by atoms with Crippen LogP contribution in [0.2, 0.25) is 0 Å². The zero-order chi connectivity index (χ0) is 18.4. The van der Waals surface area contributed by atoms with Crippen molar-refractivity contribution in [2.45, 2.75) is 50.6 Å². The van der Waals surface area contributed by atoms with E-state index in [-0.39, 0.29) is 11.4 Å². The van der Waals surface area contributed by atoms with Gasteiger partial charge in [0.05, 0.1) is 11.9 Å². The fraction of sp³-hybridized carbons (Fsp3) is 0.737. The molecule has 3 heterocycles. The highest BCUT2D eigenvalue weighted by atomic mass is 16.5. The molecule has 0 radical (unpaired) electrons. The summed E-state index contributed by atoms with van der Waals surface area (Å²) in [7, 11) is 1.71. The van der Waals surface area contributed by atoms with E-state index in [4.69, 9.17) is 9.47 Å². The quantitative estimate of drug-likeness (QED) is 0.828. The van der Waals surface area contributed by atoms with Gasteiger partial charge in [-0.2, -0.15) is 0 Å². The Labute approximate surface area is 155 Å². The van der Waals surface area contributed by atoms with Crippen LogP contribution >= 0.6 is 0 Å². The second-order valence-corrected chi connectivity index (χ2v) is 7.40. The van der Waals surface area contributed by atoms with Crippen LogP contribution in [-0.4, -0.2) is 72.4 Å². The fourth-order valence-corrected chi connectivity index (χ4v) is 3.92. The van der Waals surface area contributed by atoms with E-state index in [9.17, 15) is 4.79 Å². The lowest BCUT2D eigenvalue weighted by Gasteiger charge is -2.45. The first-order valence-electron chi connectivity index (χ1n) is 9.54. The first kappa shape index (κ1) is 19.2. The zero-order valence-electron chi connectivity index (χ0n) is 15.9. The van der Waals surface area contributed by atoms with Crippen molar-refractivity contribution in [2.24, 2.45) is 0 Å². The van der Waals surface area contributed by atoms with Crippen molar-refractivity contribution >= 4 is 5.91 Å². The van der Waals surface area contributed by atoms with E-state index < -0.39 is 0 Å². The molecule has 1 N–H and O–H groups in total. The first-order chi connectivity index (χ1) is 12.6. The largest absolute Gasteiger partial charge is 0.385 e. The second kappa shape index (κ2) is 8.88. The number of nitrogens with zero attached hydrogens (tertiary/aromatic N) is 3. The van der Waals surface area contributed by atoms with Gasteiger partial charge in [0.2, 0.25) is 0 Å². The highest BCUT2D eigenvalue weighted by molar-refractivity contribution is 5.92. The van der Waals surface area contributed by atoms with E-state index in [1.54, 1.807) is 19.5 Å². The van der Waals surface area contributed by atoms with Crippen molar-refractivity contribution in [2.75, 3.05) is 40.0 Å². The summed E-state index contributed by atoms with van der Waals surface area (Å²) in [5.41, 5.74) is 0.945. The monoisotopic (exact) mass is 362 g/mol. The van der Waals surface area contributed by atoms with Gasteiger partial charge in [0, 0.05) is 57.8 Å². The zero-order valence-corrected chi connectivity index (χ0v) is 15.9. The Morgan fingerprint density at radius 1 is 1.31 bits per heavy atom. The summed E-state index contributed by atoms with van der Waals surface area (Å²) in [6, 6.07) is 0.614. The van der Waals surface area contributed by atoms with Gasteiger partial charge in [-0.05, 0) is 39.0 Å². The smallest absolute Gasteiger partial charge is 0.271 e. The number of piperidine rings is 1. The van der Waals surface area contributed by atoms with Crippen molar-refractivity contribution in [3.8, 4) is 0 Å². The van der Waals surface area contributed by atoms with Crippen LogP contribution in [0.5, 0.6) is 0 Å². The van der Waals surface area contributed by atoms with Gasteiger partial charge in [-0.15, -0.1) is 0 Å². The molecule has 0 bridgehead atoms. The Balaban J connectivity index is 1.63. The number of nitrogens with one attached hydrogen (secondary N) is 1. The van der Waals surface area contributed by atoms with E-state index in [0.717, 1.165) is 64.1 Å². The molecule has 2 aliphatic heterocycles. The van der Waals surface area contributed by atoms with Crippen molar-refractivity contribution in [3.63, 3.8) is 0 Å². The molecule has 0 aromatic carbocycles. The van der Waals surface area contributed by atoms with Crippen LogP contribution in [0.25, 0.3) is 0 Å². The molecule has 26 heavy (non-hydrogen) atoms. The first-order valence-corrected chi connectivity index (χ1v) is 9.54. The van der Waals surface area contributed by atoms with Crippen LogP contribution in [0.3, 0.4) is 0 Å². The number of hydrogen-bond donors (Lipinski definition) is 1. The van der Waals surface area contributed by atoms with Crippen molar-refractivity contribution < 1.29 is 14.3 Å². The van der Waals surface area contributed by atoms with Crippen LogP contribution in [0, 0.1) is 6.92 Å². The number of carbonyl (C=O) groups excluding carboxylic acids is 1. The lowest BCUT2D eigenvalue weighted by atomic mass is 9.83. The van der Waals surface area contributed by atoms with Crippen LogP contribution in [0.4, 0.5) is 0 Å². The van der Waals surface area contributed by atoms with Gasteiger partial charge in [-0.25, -0.2) is 4.98 Å². The third-order valence-electron chi connectivity index (χ3n) is 5.64. The summed E-state index contributed by atoms with van der Waals surface area (Å²) < 4.78 is 10.8. The summed E-state index contributed by atoms with van der Waals surface area (Å²) in [5, 5.41) is 3.25. The minimum atomic E-state index is -0.235. The van der Waals surface area contributed by atoms with Gasteiger partial charge in [-0.1, -0.05) is 0 Å². The lowest BCUT2D eigenvalue weighted by Crippen LogP contribution is -2.57. The number of likely N-dealkylation sites (tertiary alicyclic amines) is 1. The van der Waals surface area contributed by atoms with Gasteiger partial charge in [0.25, 0.3) is 5.91 Å². The van der Waals surface area contributed by atoms with E-state index in [1.165, 1.54) is 0 Å². The Morgan fingerprint density at radius 3 is 2.65 bits per heavy atom. The molecule has 2 saturated heterocycles. The number of rotatable bonds is 6. The number of methoxy groups -OCH3 is 1. The molecule has 144 valence electrons. The average Bonchev–Trinajstić information content (AvgIpc) is 2.68. The summed E-state index contributed by atoms with van der Waals surface area (Å²) in [6.07, 6.45) is 8.07. The van der Waals surface area contributed by atoms with E-state index >= 15 is 0 Å². The van der Waals surface area contributed by atoms with Crippen LogP contribution in [0.1, 0.15) is 48.3 Å². The Bertz CT molecular complexity index is 579. The molecule has 0 saturated carbocycles. The summed E-state index contributed by atoms with van der Waals surface area (Å²) >= 11 is 0. The normalized spacial score (nSPS) is 21.5. The van der Waals surface area contributed by atoms with Crippen LogP contribution in [-0.2, 0) is 9.47 Å². The van der Waals surface area contributed by atoms with Gasteiger partial charge in [0.1, 0.15) is 5.69 Å². The molecule has 0 unspecified atom stereocenters. The predicted molar refractivity (Wildman–Crippen MR) is 98.1 cm³/mol. The maximum Gasteiger partial charge on any atom is 0.271 e. The molecule has 2 fully saturated rings. The maximum atomic E-state index is 12.7. The highest BCUT2D eigenvalue weighted by Crippen LogP contribution is 2.29. The van der Waals surface area contributed by atoms with Crippen molar-refractivity contribution in [1.29, 1.82) is 0 Å². The Kier molecular flexibility index (Phi) is 6.56. The van der Waals surface area contributed by atoms with Crippen molar-refractivity contribution in [3.05, 3.63) is 23.8 Å². The molecule has 7 nitrogen and oxygen atoms in total. The molecular weight excluding hydrogens is 332 g/mol. The highest BCUT2D eigenvalue weighted by Gasteiger charge is 2.38. The molecule has 0 atom stereocenters. The third kappa shape index (κ3) is 4.78. The molecule has 7 heteroatoms. The molecule has 1 aromatic heterocycles. The molecule has 0 spiro atoms. The third-order valence-corrected chi connectivity index (χ3v) is 5.64. The minimum absolute atomic E-state index is 0.145. The van der Waals surface area contributed by atoms with E-state index in [0.29, 0.717) is 18.3 Å². The molecule has 3 rings (SSSR count). The van der Waals surface area contributed by atoms with E-state index in [2.05, 4.69) is 20.2 Å². The minimum Gasteiger partial charge on any atom is -0.385 e. The summed E-state index contributed by atoms with van der Waals surface area (Å²) in [5.74, 6) is -0.145. The second-order valence-electron chi connectivity index (χ2n) is 7.40. The molecule has 2 aliphatic rings. The number of aromatic nitrogens is 2. The molecule has 0 aliphatic carbocycles. The number of aryl methyl sites for hydroxylation is 1. The molecule has 1 amide bonds. The Morgan fingerprint density at radius 2 is 2.04 bits per heavy atom. The van der Waals surface area contributed by atoms with Gasteiger partial charge in [-0.3, -0.25) is 9.78 Å². The molecular formula is C19H30N4O3. The van der Waals surface area contributed by atoms with Gasteiger partial charge >= 0.3 is 0 Å². The number of amides is 1. The number of hydrogen-bond acceptors (Lipinski definition) is 6. The lowest BCUT2D eigenvalue weighted by molar-refractivity contribution is 0.00964. The van der Waals surface area contributed by atoms with Gasteiger partial charge < -0.3 is 19.7 Å². The summed E-state index contributed by atoms with van der Waals surface area (Å²) in [4.78, 5) is 23.6. The van der Waals surface area contributed by atoms with Crippen molar-refractivity contribution in [1.82, 2.24) is 20.2 Å². The van der Waals surface area contributed by atoms with Crippen LogP contribution < -0.4 is 5.32 Å². The topological polar surface area (TPSA) is 76.6 Å². The molecule has 1 aromatic rings. The van der Waals surface area contributed by atoms with E-state index in [1.807, 2.05) is 6.92 Å². The standard InChI is InChI=1S/C19H30N4O3/c1-15-13-21-17(14-20-15)18(24)22-19(7-12-25-2)5-8-23(9-6-19)16-3-10-26-11-4-16/h13-14,16H,3-12H2,1-2H3,(H,22,24). The summed E-state index contributed by atoms with van der Waals surface area (Å²) in [6.45, 7) is 6.21. The van der Waals surface area contributed by atoms with Crippen LogP contribution in [0.15, 0.2) is 12.4 Å².